The van der Waals surface area contributed by atoms with E-state index in [9.17, 15) is 4.79 Å². The molecule has 0 aromatic heterocycles. The highest BCUT2D eigenvalue weighted by Gasteiger charge is 2.58. The smallest absolute Gasteiger partial charge is 0.308 e. The molecular formula is C24H36O2. The van der Waals surface area contributed by atoms with Gasteiger partial charge in [0.2, 0.25) is 0 Å². The van der Waals surface area contributed by atoms with Crippen LogP contribution in [0, 0.1) is 41.4 Å². The summed E-state index contributed by atoms with van der Waals surface area (Å²) in [7, 11) is 0. The summed E-state index contributed by atoms with van der Waals surface area (Å²) in [6.45, 7) is 18.2. The Labute approximate surface area is 159 Å². The topological polar surface area (TPSA) is 26.3 Å². The van der Waals surface area contributed by atoms with Crippen molar-refractivity contribution >= 4 is 5.97 Å². The minimum atomic E-state index is -0.252. The summed E-state index contributed by atoms with van der Waals surface area (Å²) in [4.78, 5) is 11.2. The molecule has 5 unspecified atom stereocenters. The van der Waals surface area contributed by atoms with Crippen molar-refractivity contribution in [2.24, 2.45) is 34.5 Å². The molecule has 1 aromatic rings. The van der Waals surface area contributed by atoms with Crippen LogP contribution in [0.4, 0.5) is 0 Å². The highest BCUT2D eigenvalue weighted by molar-refractivity contribution is 5.69. The molecule has 2 saturated carbocycles. The third kappa shape index (κ3) is 3.44. The lowest BCUT2D eigenvalue weighted by Crippen LogP contribution is -2.42. The van der Waals surface area contributed by atoms with Crippen molar-refractivity contribution in [3.63, 3.8) is 0 Å². The van der Waals surface area contributed by atoms with Crippen molar-refractivity contribution < 1.29 is 9.53 Å². The second-order valence-corrected chi connectivity index (χ2v) is 10.9. The molecule has 2 heteroatoms. The number of fused-ring (bicyclic) bond motifs is 2. The first kappa shape index (κ1) is 19.5. The Bertz CT molecular complexity index is 689. The standard InChI is InChI=1S/C24H36O2/c1-14-11-17(26-15(2)25)9-10-18(14)19-12-16-13-20(19)22(24(6,7)8)21(16)23(3,4)5/h9-11,16,19-22H,12-13H2,1-8H3. The van der Waals surface area contributed by atoms with E-state index in [1.807, 2.05) is 12.1 Å². The first-order valence-electron chi connectivity index (χ1n) is 10.2. The lowest BCUT2D eigenvalue weighted by atomic mass is 9.56. The summed E-state index contributed by atoms with van der Waals surface area (Å²) in [5.41, 5.74) is 3.44. The molecule has 3 rings (SSSR count). The first-order chi connectivity index (χ1) is 11.9. The molecule has 0 radical (unpaired) electrons. The van der Waals surface area contributed by atoms with Crippen LogP contribution in [0.2, 0.25) is 0 Å². The molecule has 0 spiro atoms. The van der Waals surface area contributed by atoms with Gasteiger partial charge < -0.3 is 4.74 Å². The number of benzene rings is 1. The zero-order chi connectivity index (χ0) is 19.4. The van der Waals surface area contributed by atoms with E-state index < -0.39 is 0 Å². The molecule has 2 aliphatic carbocycles. The third-order valence-electron chi connectivity index (χ3n) is 6.91. The predicted molar refractivity (Wildman–Crippen MR) is 107 cm³/mol. The fraction of sp³-hybridized carbons (Fsp3) is 0.708. The lowest BCUT2D eigenvalue weighted by Gasteiger charge is -2.49. The molecule has 2 bridgehead atoms. The second-order valence-electron chi connectivity index (χ2n) is 10.9. The maximum Gasteiger partial charge on any atom is 0.308 e. The van der Waals surface area contributed by atoms with Crippen LogP contribution in [-0.2, 0) is 4.79 Å². The van der Waals surface area contributed by atoms with Crippen molar-refractivity contribution in [3.05, 3.63) is 29.3 Å². The molecule has 144 valence electrons. The molecule has 0 aliphatic heterocycles. The van der Waals surface area contributed by atoms with Gasteiger partial charge in [0.25, 0.3) is 0 Å². The molecule has 5 atom stereocenters. The van der Waals surface area contributed by atoms with Crippen LogP contribution in [0.1, 0.15) is 78.4 Å². The third-order valence-corrected chi connectivity index (χ3v) is 6.91. The van der Waals surface area contributed by atoms with Gasteiger partial charge in [-0.2, -0.15) is 0 Å². The molecule has 0 heterocycles. The highest BCUT2D eigenvalue weighted by atomic mass is 16.5. The zero-order valence-corrected chi connectivity index (χ0v) is 17.8. The van der Waals surface area contributed by atoms with E-state index in [2.05, 4.69) is 54.5 Å². The van der Waals surface area contributed by atoms with Gasteiger partial charge in [0.05, 0.1) is 0 Å². The Kier molecular flexibility index (Phi) is 4.78. The number of ether oxygens (including phenoxy) is 1. The van der Waals surface area contributed by atoms with Gasteiger partial charge >= 0.3 is 5.97 Å². The van der Waals surface area contributed by atoms with Gasteiger partial charge in [0, 0.05) is 6.92 Å². The Morgan fingerprint density at radius 3 is 2.12 bits per heavy atom. The Morgan fingerprint density at radius 2 is 1.62 bits per heavy atom. The van der Waals surface area contributed by atoms with Crippen molar-refractivity contribution in [2.45, 2.75) is 74.1 Å². The van der Waals surface area contributed by atoms with E-state index in [4.69, 9.17) is 4.74 Å². The van der Waals surface area contributed by atoms with E-state index in [-0.39, 0.29) is 5.97 Å². The van der Waals surface area contributed by atoms with Gasteiger partial charge in [-0.3, -0.25) is 4.79 Å². The Morgan fingerprint density at radius 1 is 1.00 bits per heavy atom. The SMILES string of the molecule is CC(=O)Oc1ccc(C2CC3CC2C(C(C)(C)C)C3C(C)(C)C)c(C)c1. The average Bonchev–Trinajstić information content (AvgIpc) is 3.03. The van der Waals surface area contributed by atoms with Crippen molar-refractivity contribution in [2.75, 3.05) is 0 Å². The normalized spacial score (nSPS) is 31.3. The van der Waals surface area contributed by atoms with E-state index in [0.717, 1.165) is 23.7 Å². The molecule has 2 nitrogen and oxygen atoms in total. The molecule has 26 heavy (non-hydrogen) atoms. The fourth-order valence-electron chi connectivity index (χ4n) is 6.44. The lowest BCUT2D eigenvalue weighted by molar-refractivity contribution is -0.131. The molecule has 0 N–H and O–H groups in total. The molecule has 0 amide bonds. The molecule has 1 aromatic carbocycles. The molecule has 2 fully saturated rings. The van der Waals surface area contributed by atoms with Crippen LogP contribution in [-0.4, -0.2) is 5.97 Å². The quantitative estimate of drug-likeness (QED) is 0.455. The largest absolute Gasteiger partial charge is 0.427 e. The number of hydrogen-bond donors (Lipinski definition) is 0. The first-order valence-corrected chi connectivity index (χ1v) is 10.2. The summed E-state index contributed by atoms with van der Waals surface area (Å²) in [5.74, 6) is 4.24. The predicted octanol–water partition coefficient (Wildman–Crippen LogP) is 6.37. The van der Waals surface area contributed by atoms with E-state index in [1.54, 1.807) is 0 Å². The molecule has 0 saturated heterocycles. The number of hydrogen-bond acceptors (Lipinski definition) is 2. The van der Waals surface area contributed by atoms with Crippen molar-refractivity contribution in [1.82, 2.24) is 0 Å². The van der Waals surface area contributed by atoms with Gasteiger partial charge in [-0.15, -0.1) is 0 Å². The second kappa shape index (κ2) is 6.39. The number of aryl methyl sites for hydroxylation is 1. The molecule has 2 aliphatic rings. The van der Waals surface area contributed by atoms with Crippen LogP contribution < -0.4 is 4.74 Å². The van der Waals surface area contributed by atoms with E-state index in [0.29, 0.717) is 22.5 Å². The summed E-state index contributed by atoms with van der Waals surface area (Å²) >= 11 is 0. The zero-order valence-electron chi connectivity index (χ0n) is 17.8. The van der Waals surface area contributed by atoms with Gasteiger partial charge in [0.1, 0.15) is 5.75 Å². The van der Waals surface area contributed by atoms with E-state index in [1.165, 1.54) is 30.9 Å². The average molecular weight is 357 g/mol. The van der Waals surface area contributed by atoms with Crippen LogP contribution in [0.3, 0.4) is 0 Å². The minimum Gasteiger partial charge on any atom is -0.427 e. The number of carbonyl (C=O) groups excluding carboxylic acids is 1. The maximum atomic E-state index is 11.2. The Hall–Kier alpha value is -1.31. The number of rotatable bonds is 2. The van der Waals surface area contributed by atoms with Crippen LogP contribution in [0.15, 0.2) is 18.2 Å². The van der Waals surface area contributed by atoms with Crippen molar-refractivity contribution in [3.8, 4) is 5.75 Å². The monoisotopic (exact) mass is 356 g/mol. The Balaban J connectivity index is 1.92. The summed E-state index contributed by atoms with van der Waals surface area (Å²) < 4.78 is 5.27. The maximum absolute atomic E-state index is 11.2. The van der Waals surface area contributed by atoms with Gasteiger partial charge in [0.15, 0.2) is 0 Å². The summed E-state index contributed by atoms with van der Waals surface area (Å²) in [6.07, 6.45) is 2.69. The summed E-state index contributed by atoms with van der Waals surface area (Å²) in [6, 6.07) is 6.23. The summed E-state index contributed by atoms with van der Waals surface area (Å²) in [5, 5.41) is 0. The van der Waals surface area contributed by atoms with E-state index >= 15 is 0 Å². The highest BCUT2D eigenvalue weighted by Crippen LogP contribution is 2.66. The fourth-order valence-corrected chi connectivity index (χ4v) is 6.44. The number of esters is 1. The van der Waals surface area contributed by atoms with Crippen LogP contribution in [0.5, 0.6) is 5.75 Å². The minimum absolute atomic E-state index is 0.252. The number of carbonyl (C=O) groups is 1. The molecular weight excluding hydrogens is 320 g/mol. The van der Waals surface area contributed by atoms with Gasteiger partial charge in [-0.1, -0.05) is 47.6 Å². The van der Waals surface area contributed by atoms with Gasteiger partial charge in [-0.25, -0.2) is 0 Å². The van der Waals surface area contributed by atoms with Crippen LogP contribution in [0.25, 0.3) is 0 Å². The van der Waals surface area contributed by atoms with Crippen LogP contribution >= 0.6 is 0 Å². The van der Waals surface area contributed by atoms with Gasteiger partial charge in [-0.05, 0) is 83.4 Å². The van der Waals surface area contributed by atoms with Crippen molar-refractivity contribution in [1.29, 1.82) is 0 Å².